The van der Waals surface area contributed by atoms with Gasteiger partial charge < -0.3 is 0 Å². The molecule has 0 fully saturated rings. The van der Waals surface area contributed by atoms with Crippen LogP contribution in [0, 0.1) is 0 Å². The summed E-state index contributed by atoms with van der Waals surface area (Å²) in [6.45, 7) is 0. The summed E-state index contributed by atoms with van der Waals surface area (Å²) in [7, 11) is 0. The fourth-order valence-corrected chi connectivity index (χ4v) is 18.1. The summed E-state index contributed by atoms with van der Waals surface area (Å²) < 4.78 is 6.06. The van der Waals surface area contributed by atoms with Gasteiger partial charge in [0.2, 0.25) is 0 Å². The predicted molar refractivity (Wildman–Crippen MR) is 112 cm³/mol. The average Bonchev–Trinajstić information content (AvgIpc) is 2.68. The van der Waals surface area contributed by atoms with Gasteiger partial charge in [-0.2, -0.15) is 0 Å². The van der Waals surface area contributed by atoms with E-state index in [1.54, 1.807) is 10.7 Å². The quantitative estimate of drug-likeness (QED) is 0.265. The molecule has 0 heterocycles. The van der Waals surface area contributed by atoms with Gasteiger partial charge in [0, 0.05) is 0 Å². The normalized spacial score (nSPS) is 11.4. The van der Waals surface area contributed by atoms with Crippen molar-refractivity contribution in [1.82, 2.24) is 0 Å². The van der Waals surface area contributed by atoms with Crippen LogP contribution in [-0.4, -0.2) is 23.7 Å². The third-order valence-electron chi connectivity index (χ3n) is 4.74. The summed E-state index contributed by atoms with van der Waals surface area (Å²) in [6, 6.07) is 33.8. The maximum absolute atomic E-state index is 3.61. The minimum atomic E-state index is -2.95. The molecule has 3 aromatic carbocycles. The first-order valence-corrected chi connectivity index (χ1v) is 16.0. The predicted octanol–water partition coefficient (Wildman–Crippen LogP) is 4.33. The molecule has 24 heavy (non-hydrogen) atoms. The molecule has 0 atom stereocenters. The zero-order valence-electron chi connectivity index (χ0n) is 13.9. The third kappa shape index (κ3) is 3.78. The summed E-state index contributed by atoms with van der Waals surface area (Å²) in [4.78, 5) is 0. The molecule has 0 bridgehead atoms. The summed E-state index contributed by atoms with van der Waals surface area (Å²) in [5.74, 6) is 0. The summed E-state index contributed by atoms with van der Waals surface area (Å²) in [5.41, 5.74) is 0. The number of alkyl halides is 1. The van der Waals surface area contributed by atoms with E-state index in [0.717, 1.165) is 5.33 Å². The molecule has 0 amide bonds. The first kappa shape index (κ1) is 17.8. The minimum absolute atomic E-state index is 1.09. The van der Waals surface area contributed by atoms with Gasteiger partial charge in [-0.1, -0.05) is 0 Å². The number of hydrogen-bond acceptors (Lipinski definition) is 0. The van der Waals surface area contributed by atoms with E-state index in [1.807, 2.05) is 0 Å². The second-order valence-electron chi connectivity index (χ2n) is 6.15. The molecule has 0 spiro atoms. The van der Waals surface area contributed by atoms with E-state index < -0.39 is 18.4 Å². The molecule has 0 nitrogen and oxygen atoms in total. The zero-order chi connectivity index (χ0) is 16.7. The molecule has 0 saturated carbocycles. The number of unbranched alkanes of at least 4 members (excludes halogenated alkanes) is 1. The Bertz CT molecular complexity index is 629. The Morgan fingerprint density at radius 2 is 0.917 bits per heavy atom. The van der Waals surface area contributed by atoms with Crippen molar-refractivity contribution in [1.29, 1.82) is 0 Å². The molecule has 3 rings (SSSR count). The van der Waals surface area contributed by atoms with Crippen molar-refractivity contribution in [2.45, 2.75) is 17.3 Å². The summed E-state index contributed by atoms with van der Waals surface area (Å²) >= 11 is 0.659. The van der Waals surface area contributed by atoms with Crippen LogP contribution in [0.2, 0.25) is 4.44 Å². The molecule has 0 saturated heterocycles. The number of halogens is 1. The molecule has 0 radical (unpaired) electrons. The average molecular weight is 486 g/mol. The Morgan fingerprint density at radius 3 is 1.25 bits per heavy atom. The fraction of sp³-hybridized carbons (Fsp3) is 0.182. The van der Waals surface area contributed by atoms with Crippen molar-refractivity contribution >= 4 is 45.0 Å². The van der Waals surface area contributed by atoms with Gasteiger partial charge in [0.15, 0.2) is 0 Å². The van der Waals surface area contributed by atoms with Gasteiger partial charge in [-0.3, -0.25) is 0 Å². The number of rotatable bonds is 7. The number of benzene rings is 3. The van der Waals surface area contributed by atoms with E-state index in [2.05, 4.69) is 107 Å². The van der Waals surface area contributed by atoms with Crippen LogP contribution >= 0.6 is 15.9 Å². The van der Waals surface area contributed by atoms with Gasteiger partial charge in [-0.25, -0.2) is 0 Å². The summed E-state index contributed by atoms with van der Waals surface area (Å²) in [6.07, 6.45) is 2.52. The van der Waals surface area contributed by atoms with Crippen molar-refractivity contribution in [3.05, 3.63) is 91.0 Å². The van der Waals surface area contributed by atoms with Gasteiger partial charge in [-0.15, -0.1) is 0 Å². The van der Waals surface area contributed by atoms with Crippen LogP contribution in [0.25, 0.3) is 0 Å². The first-order chi connectivity index (χ1) is 11.9. The van der Waals surface area contributed by atoms with Crippen LogP contribution in [0.15, 0.2) is 91.0 Å². The fourth-order valence-electron chi connectivity index (χ4n) is 3.59. The Balaban J connectivity index is 2.20. The van der Waals surface area contributed by atoms with Crippen molar-refractivity contribution in [3.63, 3.8) is 0 Å². The molecule has 0 unspecified atom stereocenters. The monoisotopic (exact) mass is 486 g/mol. The SMILES string of the molecule is BrCCC[CH2][Sn]([c]1ccccc1)([c]1ccccc1)[c]1ccccc1. The number of hydrogen-bond donors (Lipinski definition) is 0. The Labute approximate surface area is 157 Å². The molecule has 0 aliphatic carbocycles. The van der Waals surface area contributed by atoms with Crippen LogP contribution in [0.3, 0.4) is 0 Å². The van der Waals surface area contributed by atoms with Crippen molar-refractivity contribution in [3.8, 4) is 0 Å². The van der Waals surface area contributed by atoms with Gasteiger partial charge in [0.1, 0.15) is 0 Å². The van der Waals surface area contributed by atoms with Crippen molar-refractivity contribution < 1.29 is 0 Å². The molecular weight excluding hydrogens is 463 g/mol. The van der Waals surface area contributed by atoms with Crippen LogP contribution in [0.5, 0.6) is 0 Å². The Morgan fingerprint density at radius 1 is 0.542 bits per heavy atom. The first-order valence-electron chi connectivity index (χ1n) is 8.60. The van der Waals surface area contributed by atoms with Crippen LogP contribution < -0.4 is 10.7 Å². The van der Waals surface area contributed by atoms with Crippen molar-refractivity contribution in [2.24, 2.45) is 0 Å². The topological polar surface area (TPSA) is 0 Å². The van der Waals surface area contributed by atoms with E-state index in [4.69, 9.17) is 0 Å². The van der Waals surface area contributed by atoms with E-state index in [-0.39, 0.29) is 0 Å². The molecule has 0 aliphatic heterocycles. The second-order valence-corrected chi connectivity index (χ2v) is 18.5. The Hall–Kier alpha value is -1.06. The van der Waals surface area contributed by atoms with E-state index >= 15 is 0 Å². The molecule has 0 aliphatic rings. The van der Waals surface area contributed by atoms with Crippen LogP contribution in [0.4, 0.5) is 0 Å². The molecule has 0 N–H and O–H groups in total. The maximum atomic E-state index is 3.61. The zero-order valence-corrected chi connectivity index (χ0v) is 18.3. The van der Waals surface area contributed by atoms with Gasteiger partial charge in [0.05, 0.1) is 0 Å². The summed E-state index contributed by atoms with van der Waals surface area (Å²) in [5, 5.41) is 1.09. The third-order valence-corrected chi connectivity index (χ3v) is 19.7. The van der Waals surface area contributed by atoms with Gasteiger partial charge in [-0.05, 0) is 0 Å². The van der Waals surface area contributed by atoms with E-state index in [0.29, 0.717) is 0 Å². The molecule has 2 heteroatoms. The van der Waals surface area contributed by atoms with Crippen molar-refractivity contribution in [2.75, 3.05) is 5.33 Å². The van der Waals surface area contributed by atoms with Crippen LogP contribution in [-0.2, 0) is 0 Å². The second kappa shape index (κ2) is 8.87. The standard InChI is InChI=1S/3C6H5.C4H8Br.Sn/c3*1-2-4-6-5-3-1;1-2-3-4-5;/h3*1-5H;1-4H2;. The molecule has 122 valence electrons. The molecule has 0 aromatic heterocycles. The molecular formula is C22H23BrSn. The molecule has 3 aromatic rings. The Kier molecular flexibility index (Phi) is 6.56. The van der Waals surface area contributed by atoms with Gasteiger partial charge in [0.25, 0.3) is 0 Å². The van der Waals surface area contributed by atoms with Gasteiger partial charge >= 0.3 is 159 Å². The van der Waals surface area contributed by atoms with Crippen LogP contribution in [0.1, 0.15) is 12.8 Å². The van der Waals surface area contributed by atoms with E-state index in [9.17, 15) is 0 Å². The van der Waals surface area contributed by atoms with E-state index in [1.165, 1.54) is 17.3 Å².